The van der Waals surface area contributed by atoms with Gasteiger partial charge in [-0.15, -0.1) is 11.8 Å². The molecule has 0 spiro atoms. The predicted octanol–water partition coefficient (Wildman–Crippen LogP) is 2.22. The number of aliphatic hydroxyl groups excluding tert-OH is 1. The molecule has 0 aromatic heterocycles. The lowest BCUT2D eigenvalue weighted by atomic mass is 9.83. The number of benzene rings is 1. The minimum Gasteiger partial charge on any atom is -0.469 e. The largest absolute Gasteiger partial charge is 0.469 e. The Morgan fingerprint density at radius 3 is 2.57 bits per heavy atom. The number of esters is 1. The van der Waals surface area contributed by atoms with Crippen LogP contribution in [0, 0.1) is 5.92 Å². The molecular weight excluding hydrogens is 316 g/mol. The zero-order chi connectivity index (χ0) is 16.6. The number of thioether (sulfide) groups is 1. The Balaban J connectivity index is 1.90. The average Bonchev–Trinajstić information content (AvgIpc) is 2.86. The molecule has 5 nitrogen and oxygen atoms in total. The summed E-state index contributed by atoms with van der Waals surface area (Å²) in [5.41, 5.74) is 0. The summed E-state index contributed by atoms with van der Waals surface area (Å²) in [6.45, 7) is 3.66. The van der Waals surface area contributed by atoms with Gasteiger partial charge in [-0.3, -0.25) is 4.79 Å². The highest BCUT2D eigenvalue weighted by atomic mass is 32.2. The number of hydrogen-bond acceptors (Lipinski definition) is 6. The molecular formula is C17H22O5S. The summed E-state index contributed by atoms with van der Waals surface area (Å²) in [6.07, 6.45) is -1.20. The van der Waals surface area contributed by atoms with E-state index in [1.54, 1.807) is 11.8 Å². The molecule has 1 aromatic carbocycles. The molecule has 1 saturated heterocycles. The summed E-state index contributed by atoms with van der Waals surface area (Å²) in [5.74, 6) is -1.51. The highest BCUT2D eigenvalue weighted by Crippen LogP contribution is 2.46. The monoisotopic (exact) mass is 338 g/mol. The number of carbonyl (C=O) groups excluding carboxylic acids is 1. The van der Waals surface area contributed by atoms with E-state index in [0.29, 0.717) is 6.42 Å². The van der Waals surface area contributed by atoms with Gasteiger partial charge in [0, 0.05) is 4.90 Å². The van der Waals surface area contributed by atoms with Gasteiger partial charge in [0.2, 0.25) is 0 Å². The molecule has 0 unspecified atom stereocenters. The average molecular weight is 338 g/mol. The molecule has 0 radical (unpaired) electrons. The first kappa shape index (κ1) is 16.8. The Bertz CT molecular complexity index is 561. The van der Waals surface area contributed by atoms with Crippen LogP contribution in [0.4, 0.5) is 0 Å². The second-order valence-electron chi connectivity index (χ2n) is 6.39. The van der Waals surface area contributed by atoms with Crippen LogP contribution in [0.1, 0.15) is 20.3 Å². The lowest BCUT2D eigenvalue weighted by Gasteiger charge is -2.38. The first-order valence-electron chi connectivity index (χ1n) is 7.74. The first-order valence-corrected chi connectivity index (χ1v) is 8.62. The van der Waals surface area contributed by atoms with Gasteiger partial charge in [-0.1, -0.05) is 18.2 Å². The predicted molar refractivity (Wildman–Crippen MR) is 86.0 cm³/mol. The molecule has 1 aliphatic heterocycles. The summed E-state index contributed by atoms with van der Waals surface area (Å²) >= 11 is 1.58. The molecule has 0 amide bonds. The lowest BCUT2D eigenvalue weighted by molar-refractivity contribution is -0.153. The summed E-state index contributed by atoms with van der Waals surface area (Å²) < 4.78 is 16.8. The molecule has 126 valence electrons. The summed E-state index contributed by atoms with van der Waals surface area (Å²) in [6, 6.07) is 9.87. The Labute approximate surface area is 140 Å². The fraction of sp³-hybridized carbons (Fsp3) is 0.588. The van der Waals surface area contributed by atoms with Crippen LogP contribution in [-0.4, -0.2) is 47.5 Å². The van der Waals surface area contributed by atoms with Crippen molar-refractivity contribution < 1.29 is 24.1 Å². The van der Waals surface area contributed by atoms with Crippen molar-refractivity contribution in [1.29, 1.82) is 0 Å². The van der Waals surface area contributed by atoms with Gasteiger partial charge in [0.25, 0.3) is 0 Å². The van der Waals surface area contributed by atoms with E-state index in [2.05, 4.69) is 0 Å². The van der Waals surface area contributed by atoms with Crippen molar-refractivity contribution in [1.82, 2.24) is 0 Å². The molecule has 6 heteroatoms. The van der Waals surface area contributed by atoms with E-state index in [1.165, 1.54) is 7.11 Å². The number of carbonyl (C=O) groups is 1. The number of fused-ring (bicyclic) bond motifs is 1. The Morgan fingerprint density at radius 1 is 1.26 bits per heavy atom. The number of methoxy groups -OCH3 is 1. The summed E-state index contributed by atoms with van der Waals surface area (Å²) in [4.78, 5) is 13.3. The highest BCUT2D eigenvalue weighted by Gasteiger charge is 2.56. The molecule has 1 aliphatic carbocycles. The molecule has 1 aromatic rings. The zero-order valence-electron chi connectivity index (χ0n) is 13.5. The van der Waals surface area contributed by atoms with Gasteiger partial charge in [-0.05, 0) is 32.4 Å². The second kappa shape index (κ2) is 6.43. The molecule has 0 bridgehead atoms. The lowest BCUT2D eigenvalue weighted by Crippen LogP contribution is -2.52. The van der Waals surface area contributed by atoms with Crippen molar-refractivity contribution in [2.45, 2.75) is 54.5 Å². The van der Waals surface area contributed by atoms with E-state index in [1.807, 2.05) is 44.2 Å². The topological polar surface area (TPSA) is 65.0 Å². The van der Waals surface area contributed by atoms with Crippen LogP contribution in [-0.2, 0) is 19.0 Å². The third kappa shape index (κ3) is 3.40. The van der Waals surface area contributed by atoms with Crippen LogP contribution in [0.2, 0.25) is 0 Å². The number of ether oxygens (including phenoxy) is 3. The molecule has 2 fully saturated rings. The number of rotatable bonds is 3. The second-order valence-corrected chi connectivity index (χ2v) is 7.64. The normalized spacial score (nSPS) is 35.6. The quantitative estimate of drug-likeness (QED) is 0.853. The van der Waals surface area contributed by atoms with Gasteiger partial charge in [-0.2, -0.15) is 0 Å². The zero-order valence-corrected chi connectivity index (χ0v) is 14.3. The van der Waals surface area contributed by atoms with Gasteiger partial charge in [0.05, 0.1) is 24.4 Å². The van der Waals surface area contributed by atoms with Crippen LogP contribution in [0.5, 0.6) is 0 Å². The van der Waals surface area contributed by atoms with E-state index >= 15 is 0 Å². The summed E-state index contributed by atoms with van der Waals surface area (Å²) in [5, 5.41) is 10.2. The van der Waals surface area contributed by atoms with Crippen LogP contribution in [0.25, 0.3) is 0 Å². The van der Waals surface area contributed by atoms with Crippen molar-refractivity contribution in [3.05, 3.63) is 30.3 Å². The summed E-state index contributed by atoms with van der Waals surface area (Å²) in [7, 11) is 1.38. The van der Waals surface area contributed by atoms with Crippen molar-refractivity contribution in [3.63, 3.8) is 0 Å². The maximum Gasteiger partial charge on any atom is 0.310 e. The third-order valence-electron chi connectivity index (χ3n) is 4.28. The maximum atomic E-state index is 12.2. The van der Waals surface area contributed by atoms with Crippen molar-refractivity contribution >= 4 is 17.7 Å². The van der Waals surface area contributed by atoms with E-state index in [0.717, 1.165) is 4.90 Å². The minimum absolute atomic E-state index is 0.167. The molecule has 1 N–H and O–H groups in total. The van der Waals surface area contributed by atoms with E-state index in [9.17, 15) is 9.90 Å². The molecule has 1 heterocycles. The highest BCUT2D eigenvalue weighted by molar-refractivity contribution is 8.00. The minimum atomic E-state index is -0.767. The molecule has 3 rings (SSSR count). The fourth-order valence-electron chi connectivity index (χ4n) is 3.31. The SMILES string of the molecule is COC(=O)[C@@H]1C[C@H](O)[C@@H]2OC(C)(C)O[C@@H]2[C@H]1Sc1ccccc1. The molecule has 23 heavy (non-hydrogen) atoms. The van der Waals surface area contributed by atoms with Gasteiger partial charge in [-0.25, -0.2) is 0 Å². The smallest absolute Gasteiger partial charge is 0.310 e. The maximum absolute atomic E-state index is 12.2. The Morgan fingerprint density at radius 2 is 1.91 bits per heavy atom. The van der Waals surface area contributed by atoms with Crippen LogP contribution in [0.3, 0.4) is 0 Å². The standard InChI is InChI=1S/C17H22O5S/c1-17(2)21-13-12(18)9-11(16(19)20-3)15(14(13)22-17)23-10-7-5-4-6-8-10/h4-8,11-15,18H,9H2,1-3H3/t11-,12+,13+,14+,15+/m1/s1. The van der Waals surface area contributed by atoms with Crippen LogP contribution < -0.4 is 0 Å². The van der Waals surface area contributed by atoms with Crippen molar-refractivity contribution in [2.24, 2.45) is 5.92 Å². The van der Waals surface area contributed by atoms with Crippen LogP contribution in [0.15, 0.2) is 35.2 Å². The molecule has 1 saturated carbocycles. The van der Waals surface area contributed by atoms with Gasteiger partial charge in [0.1, 0.15) is 12.2 Å². The van der Waals surface area contributed by atoms with Crippen molar-refractivity contribution in [2.75, 3.05) is 7.11 Å². The van der Waals surface area contributed by atoms with Crippen LogP contribution >= 0.6 is 11.8 Å². The third-order valence-corrected chi connectivity index (χ3v) is 5.69. The number of hydrogen-bond donors (Lipinski definition) is 1. The van der Waals surface area contributed by atoms with E-state index in [4.69, 9.17) is 14.2 Å². The Hall–Kier alpha value is -1.08. The van der Waals surface area contributed by atoms with Gasteiger partial charge < -0.3 is 19.3 Å². The fourth-order valence-corrected chi connectivity index (χ4v) is 4.67. The number of aliphatic hydroxyl groups is 1. The molecule has 5 atom stereocenters. The Kier molecular flexibility index (Phi) is 4.69. The van der Waals surface area contributed by atoms with E-state index in [-0.39, 0.29) is 17.3 Å². The van der Waals surface area contributed by atoms with Gasteiger partial charge >= 0.3 is 5.97 Å². The van der Waals surface area contributed by atoms with E-state index < -0.39 is 23.9 Å². The first-order chi connectivity index (χ1) is 10.9. The molecule has 2 aliphatic rings. The van der Waals surface area contributed by atoms with Crippen molar-refractivity contribution in [3.8, 4) is 0 Å². The van der Waals surface area contributed by atoms with Gasteiger partial charge in [0.15, 0.2) is 5.79 Å².